The van der Waals surface area contributed by atoms with Gasteiger partial charge in [0, 0.05) is 12.2 Å². The van der Waals surface area contributed by atoms with Gasteiger partial charge < -0.3 is 10.1 Å². The fourth-order valence-electron chi connectivity index (χ4n) is 2.13. The largest absolute Gasteiger partial charge is 0.370 e. The monoisotopic (exact) mass is 313 g/mol. The Kier molecular flexibility index (Phi) is 3.07. The van der Waals surface area contributed by atoms with Gasteiger partial charge in [0.1, 0.15) is 19.1 Å². The number of alkyl halides is 1. The quantitative estimate of drug-likeness (QED) is 0.330. The number of hydrogen-bond acceptors (Lipinski definition) is 2. The van der Waals surface area contributed by atoms with Crippen LogP contribution in [-0.4, -0.2) is 52.9 Å². The van der Waals surface area contributed by atoms with E-state index in [1.807, 2.05) is 0 Å². The molecule has 1 unspecified atom stereocenters. The Morgan fingerprint density at radius 1 is 1.54 bits per heavy atom. The average molecular weight is 313 g/mol. The van der Waals surface area contributed by atoms with E-state index in [0.29, 0.717) is 6.04 Å². The van der Waals surface area contributed by atoms with Crippen molar-refractivity contribution in [1.82, 2.24) is 5.32 Å². The number of nitrogens with one attached hydrogen (secondary N) is 1. The summed E-state index contributed by atoms with van der Waals surface area (Å²) in [5, 5.41) is 4.36. The van der Waals surface area contributed by atoms with E-state index < -0.39 is 0 Å². The van der Waals surface area contributed by atoms with Crippen LogP contribution in [0.4, 0.5) is 0 Å². The van der Waals surface area contributed by atoms with E-state index in [4.69, 9.17) is 17.0 Å². The highest BCUT2D eigenvalue weighted by Crippen LogP contribution is 2.23. The molecule has 13 heavy (non-hydrogen) atoms. The Hall–Kier alpha value is 0.540. The topological polar surface area (TPSA) is 21.3 Å². The van der Waals surface area contributed by atoms with Gasteiger partial charge in [0.25, 0.3) is 5.11 Å². The van der Waals surface area contributed by atoms with Crippen LogP contribution in [0, 0.1) is 0 Å². The van der Waals surface area contributed by atoms with Crippen LogP contribution in [0.1, 0.15) is 0 Å². The van der Waals surface area contributed by atoms with Crippen molar-refractivity contribution in [2.75, 3.05) is 37.3 Å². The van der Waals surface area contributed by atoms with Gasteiger partial charge in [-0.25, -0.2) is 0 Å². The van der Waals surface area contributed by atoms with Crippen LogP contribution >= 0.6 is 34.8 Å². The fraction of sp³-hybridized carbons (Fsp3) is 0.875. The van der Waals surface area contributed by atoms with Crippen molar-refractivity contribution in [1.29, 1.82) is 0 Å². The third-order valence-electron chi connectivity index (χ3n) is 3.04. The van der Waals surface area contributed by atoms with Gasteiger partial charge in [-0.2, -0.15) is 0 Å². The number of nitrogens with zero attached hydrogens (tertiary/aromatic N) is 1. The van der Waals surface area contributed by atoms with Crippen molar-refractivity contribution in [3.05, 3.63) is 0 Å². The summed E-state index contributed by atoms with van der Waals surface area (Å²) >= 11 is 7.85. The third-order valence-corrected chi connectivity index (χ3v) is 4.56. The molecule has 2 rings (SSSR count). The molecule has 2 heterocycles. The van der Waals surface area contributed by atoms with Crippen LogP contribution in [0.25, 0.3) is 0 Å². The maximum Gasteiger partial charge on any atom is 0.270 e. The smallest absolute Gasteiger partial charge is 0.270 e. The van der Waals surface area contributed by atoms with Crippen LogP contribution in [0.15, 0.2) is 0 Å². The predicted octanol–water partition coefficient (Wildman–Crippen LogP) is 0.525. The van der Waals surface area contributed by atoms with Gasteiger partial charge in [-0.3, -0.25) is 4.48 Å². The minimum atomic E-state index is 0.664. The van der Waals surface area contributed by atoms with Crippen LogP contribution in [0.5, 0.6) is 0 Å². The van der Waals surface area contributed by atoms with Crippen molar-refractivity contribution in [2.45, 2.75) is 6.04 Å². The Labute approximate surface area is 97.5 Å². The molecule has 2 aliphatic rings. The van der Waals surface area contributed by atoms with E-state index in [-0.39, 0.29) is 0 Å². The normalized spacial score (nSPS) is 32.1. The van der Waals surface area contributed by atoms with E-state index in [2.05, 4.69) is 27.9 Å². The first-order valence-electron chi connectivity index (χ1n) is 4.58. The zero-order chi connectivity index (χ0) is 9.31. The first-order valence-corrected chi connectivity index (χ1v) is 6.52. The summed E-state index contributed by atoms with van der Waals surface area (Å²) in [6.45, 7) is 4.87. The second-order valence-electron chi connectivity index (χ2n) is 3.59. The van der Waals surface area contributed by atoms with Crippen molar-refractivity contribution in [2.24, 2.45) is 0 Å². The minimum Gasteiger partial charge on any atom is -0.370 e. The van der Waals surface area contributed by atoms with Gasteiger partial charge in [0.05, 0.1) is 24.2 Å². The minimum absolute atomic E-state index is 0.664. The Morgan fingerprint density at radius 3 is 2.85 bits per heavy atom. The van der Waals surface area contributed by atoms with E-state index in [1.165, 1.54) is 4.43 Å². The Bertz CT molecular complexity index is 218. The van der Waals surface area contributed by atoms with E-state index in [9.17, 15) is 0 Å². The molecule has 74 valence electrons. The van der Waals surface area contributed by atoms with E-state index in [1.54, 1.807) is 0 Å². The second kappa shape index (κ2) is 3.96. The molecule has 1 N–H and O–H groups in total. The molecule has 0 aromatic rings. The van der Waals surface area contributed by atoms with Crippen LogP contribution in [0.2, 0.25) is 0 Å². The number of rotatable bonds is 1. The molecule has 5 heteroatoms. The van der Waals surface area contributed by atoms with E-state index in [0.717, 1.165) is 42.4 Å². The van der Waals surface area contributed by atoms with Gasteiger partial charge in [-0.1, -0.05) is 22.6 Å². The summed E-state index contributed by atoms with van der Waals surface area (Å²) in [6, 6.07) is 0.664. The highest BCUT2D eigenvalue weighted by molar-refractivity contribution is 14.1. The standard InChI is InChI=1S/C8H13IN2OS/c9-5-7-6-10-8(13)11(7)1-3-12-4-2-11/h7H,1-6H2/p+1. The summed E-state index contributed by atoms with van der Waals surface area (Å²) in [6.07, 6.45) is 0. The Balaban J connectivity index is 2.19. The summed E-state index contributed by atoms with van der Waals surface area (Å²) in [5.41, 5.74) is 0. The number of hydrogen-bond donors (Lipinski definition) is 1. The lowest BCUT2D eigenvalue weighted by molar-refractivity contribution is -0.862. The maximum atomic E-state index is 5.40. The summed E-state index contributed by atoms with van der Waals surface area (Å²) in [7, 11) is 0. The molecule has 0 aromatic carbocycles. The van der Waals surface area contributed by atoms with Gasteiger partial charge in [0.2, 0.25) is 0 Å². The zero-order valence-electron chi connectivity index (χ0n) is 7.46. The van der Waals surface area contributed by atoms with Crippen LogP contribution in [0.3, 0.4) is 0 Å². The lowest BCUT2D eigenvalue weighted by Gasteiger charge is -2.39. The van der Waals surface area contributed by atoms with Crippen LogP contribution in [-0.2, 0) is 4.74 Å². The van der Waals surface area contributed by atoms with Crippen LogP contribution < -0.4 is 5.32 Å². The summed E-state index contributed by atoms with van der Waals surface area (Å²) < 4.78 is 7.55. The van der Waals surface area contributed by atoms with Crippen molar-refractivity contribution in [3.63, 3.8) is 0 Å². The molecule has 0 saturated carbocycles. The molecule has 1 spiro atoms. The number of halogens is 1. The highest BCUT2D eigenvalue weighted by atomic mass is 127. The van der Waals surface area contributed by atoms with Crippen molar-refractivity contribution in [3.8, 4) is 0 Å². The van der Waals surface area contributed by atoms with Gasteiger partial charge >= 0.3 is 0 Å². The van der Waals surface area contributed by atoms with Gasteiger partial charge in [0.15, 0.2) is 0 Å². The lowest BCUT2D eigenvalue weighted by atomic mass is 10.2. The molecule has 0 aromatic heterocycles. The summed E-state index contributed by atoms with van der Waals surface area (Å²) in [5.74, 6) is 0. The van der Waals surface area contributed by atoms with Gasteiger partial charge in [-0.05, 0) is 0 Å². The molecule has 0 bridgehead atoms. The molecule has 2 aliphatic heterocycles. The first-order chi connectivity index (χ1) is 6.29. The predicted molar refractivity (Wildman–Crippen MR) is 64.1 cm³/mol. The molecule has 1 atom stereocenters. The summed E-state index contributed by atoms with van der Waals surface area (Å²) in [4.78, 5) is 0. The molecule has 2 fully saturated rings. The molecule has 3 nitrogen and oxygen atoms in total. The average Bonchev–Trinajstić information content (AvgIpc) is 2.46. The van der Waals surface area contributed by atoms with Crippen molar-refractivity contribution < 1.29 is 9.22 Å². The molecule has 2 saturated heterocycles. The number of thiocarbonyl (C=S) groups is 1. The highest BCUT2D eigenvalue weighted by Gasteiger charge is 2.47. The van der Waals surface area contributed by atoms with Gasteiger partial charge in [-0.15, -0.1) is 0 Å². The van der Waals surface area contributed by atoms with E-state index >= 15 is 0 Å². The second-order valence-corrected chi connectivity index (χ2v) is 4.86. The molecule has 0 radical (unpaired) electrons. The molecular formula is C8H14IN2OS+. The maximum absolute atomic E-state index is 5.40. The molecular weight excluding hydrogens is 299 g/mol. The third kappa shape index (κ3) is 1.60. The first kappa shape index (κ1) is 10.1. The number of ether oxygens (including phenoxy) is 1. The SMILES string of the molecule is S=C1NCC(CI)[N+]12CCOCC2. The van der Waals surface area contributed by atoms with Crippen molar-refractivity contribution >= 4 is 39.9 Å². The Morgan fingerprint density at radius 2 is 2.23 bits per heavy atom. The molecule has 0 aliphatic carbocycles. The zero-order valence-corrected chi connectivity index (χ0v) is 10.4. The number of morpholine rings is 1. The molecule has 0 amide bonds. The lowest BCUT2D eigenvalue weighted by Crippen LogP contribution is -2.61. The number of quaternary nitrogens is 1. The fourth-order valence-corrected chi connectivity index (χ4v) is 3.61.